The number of allylic oxidation sites excluding steroid dienone is 18. The Morgan fingerprint density at radius 2 is 0.691 bits per heavy atom. The zero-order chi connectivity index (χ0) is 49.2. The van der Waals surface area contributed by atoms with Crippen LogP contribution >= 0.6 is 0 Å². The van der Waals surface area contributed by atoms with Crippen molar-refractivity contribution < 1.29 is 23.8 Å². The van der Waals surface area contributed by atoms with E-state index in [1.165, 1.54) is 109 Å². The summed E-state index contributed by atoms with van der Waals surface area (Å²) in [6.07, 6.45) is 79.8. The number of rotatable bonds is 51. The van der Waals surface area contributed by atoms with E-state index < -0.39 is 6.10 Å². The Labute approximate surface area is 421 Å². The molecule has 0 rings (SSSR count). The van der Waals surface area contributed by atoms with Gasteiger partial charge in [0.25, 0.3) is 0 Å². The van der Waals surface area contributed by atoms with Crippen LogP contribution in [0.4, 0.5) is 0 Å². The third-order valence-electron chi connectivity index (χ3n) is 11.8. The van der Waals surface area contributed by atoms with Crippen molar-refractivity contribution >= 4 is 11.9 Å². The van der Waals surface area contributed by atoms with E-state index in [-0.39, 0.29) is 25.2 Å². The molecule has 0 aromatic carbocycles. The summed E-state index contributed by atoms with van der Waals surface area (Å²) in [5.74, 6) is -0.505. The molecule has 5 nitrogen and oxygen atoms in total. The smallest absolute Gasteiger partial charge is 0.306 e. The van der Waals surface area contributed by atoms with E-state index >= 15 is 0 Å². The molecule has 0 aromatic rings. The van der Waals surface area contributed by atoms with E-state index in [2.05, 4.69) is 124 Å². The molecule has 5 heteroatoms. The van der Waals surface area contributed by atoms with Crippen LogP contribution in [0.2, 0.25) is 0 Å². The molecule has 0 aliphatic carbocycles. The SMILES string of the molecule is CC/C=C\C/C=C\C/C=C\C/C=C\C/C=C\C/C=C\CCC(=O)OCC(COCCCCCC/C=C\C/C=C\C/C=C\CC)OC(=O)CCCCCCCCCCCCCCCCCCCCC. The molecule has 0 spiro atoms. The van der Waals surface area contributed by atoms with Gasteiger partial charge in [0.05, 0.1) is 6.61 Å². The number of unbranched alkanes of at least 4 members (excludes halogenated alkanes) is 22. The van der Waals surface area contributed by atoms with E-state index in [1.807, 2.05) is 6.08 Å². The van der Waals surface area contributed by atoms with Crippen molar-refractivity contribution in [2.75, 3.05) is 19.8 Å². The third kappa shape index (κ3) is 55.2. The van der Waals surface area contributed by atoms with Crippen molar-refractivity contribution in [3.63, 3.8) is 0 Å². The van der Waals surface area contributed by atoms with Crippen LogP contribution in [0.25, 0.3) is 0 Å². The Hall–Kier alpha value is -3.44. The van der Waals surface area contributed by atoms with Gasteiger partial charge < -0.3 is 14.2 Å². The predicted octanol–water partition coefficient (Wildman–Crippen LogP) is 19.6. The van der Waals surface area contributed by atoms with Gasteiger partial charge in [0.15, 0.2) is 6.10 Å². The molecule has 0 fully saturated rings. The number of hydrogen-bond acceptors (Lipinski definition) is 5. The highest BCUT2D eigenvalue weighted by Gasteiger charge is 2.17. The minimum Gasteiger partial charge on any atom is -0.462 e. The molecule has 1 atom stereocenters. The van der Waals surface area contributed by atoms with Gasteiger partial charge in [-0.3, -0.25) is 9.59 Å². The zero-order valence-corrected chi connectivity index (χ0v) is 44.6. The normalized spacial score (nSPS) is 13.0. The second kappa shape index (κ2) is 57.9. The lowest BCUT2D eigenvalue weighted by Crippen LogP contribution is -2.30. The van der Waals surface area contributed by atoms with Gasteiger partial charge in [-0.2, -0.15) is 0 Å². The topological polar surface area (TPSA) is 61.8 Å². The van der Waals surface area contributed by atoms with Gasteiger partial charge in [-0.15, -0.1) is 0 Å². The van der Waals surface area contributed by atoms with Crippen LogP contribution in [-0.2, 0) is 23.8 Å². The first-order valence-electron chi connectivity index (χ1n) is 28.4. The first kappa shape index (κ1) is 64.6. The molecular formula is C63H106O5. The van der Waals surface area contributed by atoms with Crippen LogP contribution in [0.3, 0.4) is 0 Å². The van der Waals surface area contributed by atoms with Gasteiger partial charge in [-0.05, 0) is 89.9 Å². The highest BCUT2D eigenvalue weighted by Crippen LogP contribution is 2.16. The average Bonchev–Trinajstić information content (AvgIpc) is 3.34. The molecule has 0 N–H and O–H groups in total. The predicted molar refractivity (Wildman–Crippen MR) is 297 cm³/mol. The number of carbonyl (C=O) groups is 2. The lowest BCUT2D eigenvalue weighted by molar-refractivity contribution is -0.162. The summed E-state index contributed by atoms with van der Waals surface area (Å²) < 4.78 is 17.4. The highest BCUT2D eigenvalue weighted by atomic mass is 16.6. The van der Waals surface area contributed by atoms with E-state index in [4.69, 9.17) is 14.2 Å². The number of carbonyl (C=O) groups excluding carboxylic acids is 2. The zero-order valence-electron chi connectivity index (χ0n) is 44.6. The first-order valence-corrected chi connectivity index (χ1v) is 28.4. The summed E-state index contributed by atoms with van der Waals surface area (Å²) in [7, 11) is 0. The fourth-order valence-electron chi connectivity index (χ4n) is 7.67. The van der Waals surface area contributed by atoms with E-state index in [9.17, 15) is 9.59 Å². The summed E-state index contributed by atoms with van der Waals surface area (Å²) in [4.78, 5) is 25.5. The fourth-order valence-corrected chi connectivity index (χ4v) is 7.67. The minimum absolute atomic E-state index is 0.0322. The van der Waals surface area contributed by atoms with Crippen LogP contribution in [-0.4, -0.2) is 37.9 Å². The van der Waals surface area contributed by atoms with Crippen LogP contribution in [0.5, 0.6) is 0 Å². The summed E-state index contributed by atoms with van der Waals surface area (Å²) in [5.41, 5.74) is 0. The van der Waals surface area contributed by atoms with Crippen molar-refractivity contribution in [2.24, 2.45) is 0 Å². The molecule has 0 aliphatic rings. The molecule has 0 bridgehead atoms. The van der Waals surface area contributed by atoms with Gasteiger partial charge >= 0.3 is 11.9 Å². The van der Waals surface area contributed by atoms with Crippen molar-refractivity contribution in [1.29, 1.82) is 0 Å². The van der Waals surface area contributed by atoms with Crippen LogP contribution in [0.15, 0.2) is 109 Å². The summed E-state index contributed by atoms with van der Waals surface area (Å²) in [6, 6.07) is 0. The van der Waals surface area contributed by atoms with Crippen molar-refractivity contribution in [3.8, 4) is 0 Å². The largest absolute Gasteiger partial charge is 0.462 e. The average molecular weight is 944 g/mol. The Balaban J connectivity index is 4.39. The molecule has 388 valence electrons. The Bertz CT molecular complexity index is 1340. The monoisotopic (exact) mass is 943 g/mol. The quantitative estimate of drug-likeness (QED) is 0.0345. The molecule has 0 amide bonds. The third-order valence-corrected chi connectivity index (χ3v) is 11.8. The van der Waals surface area contributed by atoms with E-state index in [0.29, 0.717) is 25.9 Å². The maximum Gasteiger partial charge on any atom is 0.306 e. The van der Waals surface area contributed by atoms with Gasteiger partial charge in [0.1, 0.15) is 6.61 Å². The van der Waals surface area contributed by atoms with Gasteiger partial charge in [-0.1, -0.05) is 259 Å². The standard InChI is InChI=1S/C63H106O5/c1-4-7-10-13-16-19-22-25-28-30-32-34-36-38-41-44-47-50-53-56-62(64)67-60-61(59-66-58-55-52-49-46-43-40-27-24-21-18-15-12-9-6-3)68-63(65)57-54-51-48-45-42-39-37-35-33-31-29-26-23-20-17-14-11-8-5-2/h7,9-10,12,16,18-19,21,25,27-28,32,34,38,40-41,47,50,61H,4-6,8,11,13-15,17,20,22-24,26,29-31,33,35-37,39,42-46,48-49,51-60H2,1-3H3/b10-7-,12-9-,19-16-,21-18-,28-25-,34-32-,40-27-,41-38-,50-47-. The maximum absolute atomic E-state index is 12.9. The van der Waals surface area contributed by atoms with Crippen molar-refractivity contribution in [1.82, 2.24) is 0 Å². The Kier molecular flexibility index (Phi) is 54.9. The summed E-state index contributed by atoms with van der Waals surface area (Å²) >= 11 is 0. The lowest BCUT2D eigenvalue weighted by Gasteiger charge is -2.18. The molecule has 0 saturated carbocycles. The molecule has 0 radical (unpaired) electrons. The van der Waals surface area contributed by atoms with Crippen LogP contribution < -0.4 is 0 Å². The van der Waals surface area contributed by atoms with E-state index in [0.717, 1.165) is 103 Å². The second-order valence-corrected chi connectivity index (χ2v) is 18.4. The van der Waals surface area contributed by atoms with Crippen molar-refractivity contribution in [2.45, 2.75) is 258 Å². The molecule has 0 aliphatic heterocycles. The lowest BCUT2D eigenvalue weighted by atomic mass is 10.0. The molecule has 0 heterocycles. The molecule has 0 aromatic heterocycles. The van der Waals surface area contributed by atoms with Gasteiger partial charge in [0, 0.05) is 19.4 Å². The molecule has 1 unspecified atom stereocenters. The number of ether oxygens (including phenoxy) is 3. The van der Waals surface area contributed by atoms with Gasteiger partial charge in [0.2, 0.25) is 0 Å². The molecular weight excluding hydrogens is 837 g/mol. The summed E-state index contributed by atoms with van der Waals surface area (Å²) in [5, 5.41) is 0. The second-order valence-electron chi connectivity index (χ2n) is 18.4. The molecule has 0 saturated heterocycles. The Morgan fingerprint density at radius 3 is 1.12 bits per heavy atom. The summed E-state index contributed by atoms with van der Waals surface area (Å²) in [6.45, 7) is 7.49. The fraction of sp³-hybridized carbons (Fsp3) is 0.683. The van der Waals surface area contributed by atoms with Gasteiger partial charge in [-0.25, -0.2) is 0 Å². The maximum atomic E-state index is 12.9. The van der Waals surface area contributed by atoms with E-state index in [1.54, 1.807) is 0 Å². The minimum atomic E-state index is -0.584. The van der Waals surface area contributed by atoms with Crippen molar-refractivity contribution in [3.05, 3.63) is 109 Å². The molecule has 68 heavy (non-hydrogen) atoms. The van der Waals surface area contributed by atoms with Crippen LogP contribution in [0, 0.1) is 0 Å². The van der Waals surface area contributed by atoms with Crippen LogP contribution in [0.1, 0.15) is 252 Å². The first-order chi connectivity index (χ1) is 33.6. The Morgan fingerprint density at radius 1 is 0.338 bits per heavy atom. The number of esters is 2. The highest BCUT2D eigenvalue weighted by molar-refractivity contribution is 5.70. The number of hydrogen-bond donors (Lipinski definition) is 0.